The zero-order valence-electron chi connectivity index (χ0n) is 14.1. The van der Waals surface area contributed by atoms with E-state index in [1.165, 1.54) is 58.4 Å². The van der Waals surface area contributed by atoms with Crippen LogP contribution >= 0.6 is 0 Å². The van der Waals surface area contributed by atoms with E-state index < -0.39 is 0 Å². The highest BCUT2D eigenvalue weighted by molar-refractivity contribution is 4.83. The summed E-state index contributed by atoms with van der Waals surface area (Å²) in [4.78, 5) is 5.42. The van der Waals surface area contributed by atoms with Crippen molar-refractivity contribution in [1.82, 2.24) is 15.1 Å². The van der Waals surface area contributed by atoms with E-state index in [1.54, 1.807) is 0 Å². The number of hydrogen-bond donors (Lipinski definition) is 1. The van der Waals surface area contributed by atoms with Crippen LogP contribution in [0.15, 0.2) is 0 Å². The number of rotatable bonds is 5. The van der Waals surface area contributed by atoms with Gasteiger partial charge in [0.2, 0.25) is 0 Å². The smallest absolute Gasteiger partial charge is 0.0113 e. The van der Waals surface area contributed by atoms with E-state index in [-0.39, 0.29) is 5.54 Å². The molecule has 118 valence electrons. The van der Waals surface area contributed by atoms with E-state index in [4.69, 9.17) is 0 Å². The largest absolute Gasteiger partial charge is 0.312 e. The van der Waals surface area contributed by atoms with Crippen molar-refractivity contribution in [3.8, 4) is 0 Å². The molecule has 0 radical (unpaired) electrons. The Kier molecular flexibility index (Phi) is 5.88. The maximum atomic E-state index is 3.63. The minimum Gasteiger partial charge on any atom is -0.312 e. The first kappa shape index (κ1) is 16.3. The van der Waals surface area contributed by atoms with Crippen LogP contribution in [0.2, 0.25) is 0 Å². The van der Waals surface area contributed by atoms with Crippen molar-refractivity contribution in [2.75, 3.05) is 39.3 Å². The molecule has 1 heterocycles. The van der Waals surface area contributed by atoms with Crippen LogP contribution in [0.5, 0.6) is 0 Å². The fourth-order valence-electron chi connectivity index (χ4n) is 3.57. The Bertz CT molecular complexity index is 270. The van der Waals surface area contributed by atoms with Gasteiger partial charge in [-0.05, 0) is 46.1 Å². The average molecular weight is 281 g/mol. The molecule has 0 aromatic rings. The third-order valence-electron chi connectivity index (χ3n) is 4.80. The molecule has 0 spiro atoms. The van der Waals surface area contributed by atoms with Crippen molar-refractivity contribution >= 4 is 0 Å². The summed E-state index contributed by atoms with van der Waals surface area (Å²) in [6.45, 7) is 16.6. The lowest BCUT2D eigenvalue weighted by molar-refractivity contribution is 0.0884. The normalized spacial score (nSPS) is 25.2. The van der Waals surface area contributed by atoms with E-state index in [0.717, 1.165) is 18.5 Å². The van der Waals surface area contributed by atoms with Crippen LogP contribution in [-0.4, -0.2) is 60.6 Å². The van der Waals surface area contributed by atoms with Gasteiger partial charge in [-0.2, -0.15) is 0 Å². The summed E-state index contributed by atoms with van der Waals surface area (Å²) in [6, 6.07) is 0.914. The van der Waals surface area contributed by atoms with Crippen molar-refractivity contribution in [2.45, 2.75) is 65.0 Å². The maximum Gasteiger partial charge on any atom is 0.0113 e. The van der Waals surface area contributed by atoms with Gasteiger partial charge in [-0.15, -0.1) is 0 Å². The number of nitrogens with zero attached hydrogens (tertiary/aromatic N) is 2. The van der Waals surface area contributed by atoms with Gasteiger partial charge >= 0.3 is 0 Å². The third kappa shape index (κ3) is 5.34. The molecule has 1 N–H and O–H groups in total. The molecule has 3 nitrogen and oxygen atoms in total. The first-order valence-corrected chi connectivity index (χ1v) is 8.65. The molecule has 0 aromatic heterocycles. The summed E-state index contributed by atoms with van der Waals surface area (Å²) in [5.41, 5.74) is 0.245. The molecular formula is C17H35N3. The Labute approximate surface area is 126 Å². The fraction of sp³-hybridized carbons (Fsp3) is 1.00. The number of nitrogens with one attached hydrogen (secondary N) is 1. The Balaban J connectivity index is 1.63. The topological polar surface area (TPSA) is 18.5 Å². The van der Waals surface area contributed by atoms with Gasteiger partial charge in [-0.3, -0.25) is 4.90 Å². The summed E-state index contributed by atoms with van der Waals surface area (Å²) in [5, 5.41) is 3.63. The Morgan fingerprint density at radius 2 is 1.65 bits per heavy atom. The lowest BCUT2D eigenvalue weighted by Crippen LogP contribution is -2.51. The van der Waals surface area contributed by atoms with Crippen molar-refractivity contribution in [3.63, 3.8) is 0 Å². The molecule has 2 rings (SSSR count). The molecule has 1 aliphatic carbocycles. The standard InChI is InChI=1S/C17H35N3/c1-15(13-18-17(2,3)4)14-19-9-11-20(12-10-19)16-7-5-6-8-16/h15-16,18H,5-14H2,1-4H3. The lowest BCUT2D eigenvalue weighted by atomic mass is 10.1. The molecule has 0 amide bonds. The second-order valence-electron chi connectivity index (χ2n) is 8.01. The van der Waals surface area contributed by atoms with E-state index in [2.05, 4.69) is 42.8 Å². The maximum absolute atomic E-state index is 3.63. The molecule has 20 heavy (non-hydrogen) atoms. The van der Waals surface area contributed by atoms with Crippen molar-refractivity contribution in [2.24, 2.45) is 5.92 Å². The predicted octanol–water partition coefficient (Wildman–Crippen LogP) is 2.57. The summed E-state index contributed by atoms with van der Waals surface area (Å²) >= 11 is 0. The van der Waals surface area contributed by atoms with Crippen LogP contribution < -0.4 is 5.32 Å². The molecule has 0 aromatic carbocycles. The first-order chi connectivity index (χ1) is 9.44. The highest BCUT2D eigenvalue weighted by Gasteiger charge is 2.26. The highest BCUT2D eigenvalue weighted by atomic mass is 15.3. The molecule has 1 atom stereocenters. The highest BCUT2D eigenvalue weighted by Crippen LogP contribution is 2.24. The summed E-state index contributed by atoms with van der Waals surface area (Å²) < 4.78 is 0. The van der Waals surface area contributed by atoms with Crippen LogP contribution in [0.1, 0.15) is 53.4 Å². The summed E-state index contributed by atoms with van der Waals surface area (Å²) in [6.07, 6.45) is 5.82. The minimum atomic E-state index is 0.245. The number of piperazine rings is 1. The van der Waals surface area contributed by atoms with Gasteiger partial charge < -0.3 is 10.2 Å². The zero-order chi connectivity index (χ0) is 14.6. The van der Waals surface area contributed by atoms with Gasteiger partial charge in [0, 0.05) is 44.3 Å². The molecule has 0 bridgehead atoms. The van der Waals surface area contributed by atoms with Crippen molar-refractivity contribution in [1.29, 1.82) is 0 Å². The van der Waals surface area contributed by atoms with Gasteiger partial charge in [0.25, 0.3) is 0 Å². The summed E-state index contributed by atoms with van der Waals surface area (Å²) in [7, 11) is 0. The Hall–Kier alpha value is -0.120. The van der Waals surface area contributed by atoms with Crippen LogP contribution in [0.25, 0.3) is 0 Å². The van der Waals surface area contributed by atoms with Crippen molar-refractivity contribution < 1.29 is 0 Å². The molecule has 1 unspecified atom stereocenters. The van der Waals surface area contributed by atoms with Gasteiger partial charge in [0.15, 0.2) is 0 Å². The van der Waals surface area contributed by atoms with E-state index in [0.29, 0.717) is 0 Å². The molecule has 2 fully saturated rings. The third-order valence-corrected chi connectivity index (χ3v) is 4.80. The van der Waals surface area contributed by atoms with E-state index >= 15 is 0 Å². The molecule has 1 saturated heterocycles. The summed E-state index contributed by atoms with van der Waals surface area (Å²) in [5.74, 6) is 0.743. The molecule has 1 saturated carbocycles. The fourth-order valence-corrected chi connectivity index (χ4v) is 3.57. The second-order valence-corrected chi connectivity index (χ2v) is 8.01. The monoisotopic (exact) mass is 281 g/mol. The van der Waals surface area contributed by atoms with Gasteiger partial charge in [0.1, 0.15) is 0 Å². The SMILES string of the molecule is CC(CNC(C)(C)C)CN1CCN(C2CCCC2)CC1. The Morgan fingerprint density at radius 3 is 2.20 bits per heavy atom. The van der Waals surface area contributed by atoms with Crippen LogP contribution in [0.3, 0.4) is 0 Å². The van der Waals surface area contributed by atoms with Crippen LogP contribution in [-0.2, 0) is 0 Å². The molecule has 3 heteroatoms. The Morgan fingerprint density at radius 1 is 1.05 bits per heavy atom. The molecular weight excluding hydrogens is 246 g/mol. The van der Waals surface area contributed by atoms with Crippen molar-refractivity contribution in [3.05, 3.63) is 0 Å². The lowest BCUT2D eigenvalue weighted by Gasteiger charge is -2.39. The van der Waals surface area contributed by atoms with Gasteiger partial charge in [-0.1, -0.05) is 19.8 Å². The quantitative estimate of drug-likeness (QED) is 0.835. The number of hydrogen-bond acceptors (Lipinski definition) is 3. The van der Waals surface area contributed by atoms with Crippen LogP contribution in [0.4, 0.5) is 0 Å². The van der Waals surface area contributed by atoms with E-state index in [1.807, 2.05) is 0 Å². The molecule has 2 aliphatic rings. The molecule has 1 aliphatic heterocycles. The zero-order valence-corrected chi connectivity index (χ0v) is 14.1. The van der Waals surface area contributed by atoms with Gasteiger partial charge in [0.05, 0.1) is 0 Å². The van der Waals surface area contributed by atoms with E-state index in [9.17, 15) is 0 Å². The second kappa shape index (κ2) is 7.24. The van der Waals surface area contributed by atoms with Crippen LogP contribution in [0, 0.1) is 5.92 Å². The van der Waals surface area contributed by atoms with Gasteiger partial charge in [-0.25, -0.2) is 0 Å². The average Bonchev–Trinajstić information content (AvgIpc) is 2.90. The predicted molar refractivity (Wildman–Crippen MR) is 87.2 cm³/mol. The minimum absolute atomic E-state index is 0.245. The first-order valence-electron chi connectivity index (χ1n) is 8.65.